The van der Waals surface area contributed by atoms with E-state index in [0.717, 1.165) is 22.5 Å². The van der Waals surface area contributed by atoms with Crippen LogP contribution >= 0.6 is 0 Å². The van der Waals surface area contributed by atoms with Gasteiger partial charge in [0.1, 0.15) is 23.2 Å². The minimum absolute atomic E-state index is 0.0245. The predicted molar refractivity (Wildman–Crippen MR) is 89.5 cm³/mol. The molecule has 1 unspecified atom stereocenters. The van der Waals surface area contributed by atoms with Crippen LogP contribution in [0.3, 0.4) is 0 Å². The third kappa shape index (κ3) is 4.10. The quantitative estimate of drug-likeness (QED) is 0.686. The molecule has 0 saturated heterocycles. The Labute approximate surface area is 136 Å². The van der Waals surface area contributed by atoms with Crippen LogP contribution < -0.4 is 5.32 Å². The molecule has 0 bridgehead atoms. The molecule has 0 radical (unpaired) electrons. The second kappa shape index (κ2) is 6.97. The zero-order valence-electron chi connectivity index (χ0n) is 13.8. The molecule has 1 N–H and O–H groups in total. The van der Waals surface area contributed by atoms with E-state index >= 15 is 0 Å². The number of rotatable bonds is 4. The number of nitrogens with zero attached hydrogens (tertiary/aromatic N) is 1. The number of hydrogen-bond donors (Lipinski definition) is 1. The number of carbonyl (C=O) groups is 1. The largest absolute Gasteiger partial charge is 0.462 e. The maximum Gasteiger partial charge on any atom is 0.262 e. The monoisotopic (exact) mass is 308 g/mol. The average molecular weight is 308 g/mol. The topological polar surface area (TPSA) is 66.0 Å². The number of aryl methyl sites for hydroxylation is 3. The zero-order valence-corrected chi connectivity index (χ0v) is 13.8. The van der Waals surface area contributed by atoms with Gasteiger partial charge in [0.05, 0.1) is 6.04 Å². The highest BCUT2D eigenvalue weighted by molar-refractivity contribution is 6.01. The van der Waals surface area contributed by atoms with Crippen molar-refractivity contribution in [3.05, 3.63) is 64.1 Å². The first kappa shape index (κ1) is 16.6. The van der Waals surface area contributed by atoms with Crippen LogP contribution in [-0.4, -0.2) is 5.91 Å². The van der Waals surface area contributed by atoms with Gasteiger partial charge in [0.25, 0.3) is 5.91 Å². The summed E-state index contributed by atoms with van der Waals surface area (Å²) < 4.78 is 5.38. The third-order valence-electron chi connectivity index (χ3n) is 3.66. The van der Waals surface area contributed by atoms with Crippen molar-refractivity contribution in [2.45, 2.75) is 33.7 Å². The minimum atomic E-state index is -0.407. The van der Waals surface area contributed by atoms with Gasteiger partial charge in [0.2, 0.25) is 0 Å². The lowest BCUT2D eigenvalue weighted by atomic mass is 10.00. The van der Waals surface area contributed by atoms with Crippen molar-refractivity contribution < 1.29 is 9.21 Å². The normalized spacial score (nSPS) is 12.6. The van der Waals surface area contributed by atoms with E-state index in [1.807, 2.05) is 52.0 Å². The molecule has 118 valence electrons. The standard InChI is InChI=1S/C19H20N2O2/c1-12-5-6-13(2)18(9-12)15(4)21-19(22)16(11-20)10-17-8-7-14(3)23-17/h5-10,15H,1-4H3,(H,21,22). The molecule has 4 nitrogen and oxygen atoms in total. The summed E-state index contributed by atoms with van der Waals surface area (Å²) in [5.74, 6) is 0.821. The third-order valence-corrected chi connectivity index (χ3v) is 3.66. The lowest BCUT2D eigenvalue weighted by molar-refractivity contribution is -0.117. The second-order valence-corrected chi connectivity index (χ2v) is 5.67. The predicted octanol–water partition coefficient (Wildman–Crippen LogP) is 3.99. The van der Waals surface area contributed by atoms with Gasteiger partial charge in [-0.15, -0.1) is 0 Å². The van der Waals surface area contributed by atoms with E-state index in [1.165, 1.54) is 6.08 Å². The number of amides is 1. The molecule has 1 amide bonds. The summed E-state index contributed by atoms with van der Waals surface area (Å²) in [6.07, 6.45) is 1.46. The van der Waals surface area contributed by atoms with E-state index in [4.69, 9.17) is 4.42 Å². The molecule has 2 aromatic rings. The van der Waals surface area contributed by atoms with Crippen molar-refractivity contribution in [2.24, 2.45) is 0 Å². The lowest BCUT2D eigenvalue weighted by Gasteiger charge is -2.17. The Kier molecular flexibility index (Phi) is 5.02. The van der Waals surface area contributed by atoms with Crippen molar-refractivity contribution in [1.82, 2.24) is 5.32 Å². The summed E-state index contributed by atoms with van der Waals surface area (Å²) in [5.41, 5.74) is 3.31. The highest BCUT2D eigenvalue weighted by Crippen LogP contribution is 2.19. The van der Waals surface area contributed by atoms with Crippen LogP contribution in [0.15, 0.2) is 40.3 Å². The summed E-state index contributed by atoms with van der Waals surface area (Å²) >= 11 is 0. The first-order valence-electron chi connectivity index (χ1n) is 7.47. The van der Waals surface area contributed by atoms with E-state index in [-0.39, 0.29) is 11.6 Å². The number of benzene rings is 1. The van der Waals surface area contributed by atoms with E-state index < -0.39 is 5.91 Å². The lowest BCUT2D eigenvalue weighted by Crippen LogP contribution is -2.28. The van der Waals surface area contributed by atoms with E-state index in [0.29, 0.717) is 5.76 Å². The summed E-state index contributed by atoms with van der Waals surface area (Å²) in [6.45, 7) is 7.74. The van der Waals surface area contributed by atoms with Crippen molar-refractivity contribution in [3.63, 3.8) is 0 Å². The van der Waals surface area contributed by atoms with Crippen LogP contribution in [0.25, 0.3) is 6.08 Å². The molecule has 2 rings (SSSR count). The fourth-order valence-electron chi connectivity index (χ4n) is 2.40. The molecule has 0 aliphatic rings. The van der Waals surface area contributed by atoms with Crippen LogP contribution in [0.4, 0.5) is 0 Å². The van der Waals surface area contributed by atoms with Gasteiger partial charge in [0, 0.05) is 6.08 Å². The van der Waals surface area contributed by atoms with Gasteiger partial charge >= 0.3 is 0 Å². The Balaban J connectivity index is 2.18. The SMILES string of the molecule is Cc1ccc(C)c(C(C)NC(=O)C(C#N)=Cc2ccc(C)o2)c1. The average Bonchev–Trinajstić information content (AvgIpc) is 2.92. The molecule has 0 spiro atoms. The molecule has 1 heterocycles. The molecule has 0 fully saturated rings. The number of hydrogen-bond acceptors (Lipinski definition) is 3. The molecule has 0 aliphatic heterocycles. The molecular formula is C19H20N2O2. The Morgan fingerprint density at radius 3 is 2.61 bits per heavy atom. The van der Waals surface area contributed by atoms with Crippen molar-refractivity contribution >= 4 is 12.0 Å². The number of carbonyl (C=O) groups excluding carboxylic acids is 1. The first-order chi connectivity index (χ1) is 10.9. The number of nitriles is 1. The van der Waals surface area contributed by atoms with Gasteiger partial charge < -0.3 is 9.73 Å². The van der Waals surface area contributed by atoms with E-state index in [1.54, 1.807) is 12.1 Å². The van der Waals surface area contributed by atoms with Gasteiger partial charge in [0.15, 0.2) is 0 Å². The molecule has 23 heavy (non-hydrogen) atoms. The molecule has 0 saturated carbocycles. The molecule has 1 aromatic carbocycles. The molecule has 1 atom stereocenters. The zero-order chi connectivity index (χ0) is 17.0. The van der Waals surface area contributed by atoms with Crippen LogP contribution in [-0.2, 0) is 4.79 Å². The fourth-order valence-corrected chi connectivity index (χ4v) is 2.40. The summed E-state index contributed by atoms with van der Waals surface area (Å²) in [7, 11) is 0. The van der Waals surface area contributed by atoms with Crippen molar-refractivity contribution in [3.8, 4) is 6.07 Å². The summed E-state index contributed by atoms with van der Waals surface area (Å²) in [4.78, 5) is 12.3. The Morgan fingerprint density at radius 2 is 2.00 bits per heavy atom. The maximum absolute atomic E-state index is 12.3. The fraction of sp³-hybridized carbons (Fsp3) is 0.263. The van der Waals surface area contributed by atoms with Crippen LogP contribution in [0.2, 0.25) is 0 Å². The van der Waals surface area contributed by atoms with Crippen molar-refractivity contribution in [1.29, 1.82) is 5.26 Å². The van der Waals surface area contributed by atoms with Gasteiger partial charge in [-0.1, -0.05) is 23.8 Å². The molecule has 4 heteroatoms. The smallest absolute Gasteiger partial charge is 0.262 e. The van der Waals surface area contributed by atoms with Gasteiger partial charge in [-0.25, -0.2) is 0 Å². The summed E-state index contributed by atoms with van der Waals surface area (Å²) in [5, 5.41) is 12.1. The Morgan fingerprint density at radius 1 is 1.26 bits per heavy atom. The van der Waals surface area contributed by atoms with Crippen LogP contribution in [0, 0.1) is 32.1 Å². The van der Waals surface area contributed by atoms with Crippen LogP contribution in [0.1, 0.15) is 41.2 Å². The molecule has 1 aromatic heterocycles. The van der Waals surface area contributed by atoms with E-state index in [9.17, 15) is 10.1 Å². The van der Waals surface area contributed by atoms with E-state index in [2.05, 4.69) is 5.32 Å². The summed E-state index contributed by atoms with van der Waals surface area (Å²) in [6, 6.07) is 11.4. The van der Waals surface area contributed by atoms with Gasteiger partial charge in [-0.05, 0) is 51.0 Å². The minimum Gasteiger partial charge on any atom is -0.462 e. The van der Waals surface area contributed by atoms with Crippen LogP contribution in [0.5, 0.6) is 0 Å². The van der Waals surface area contributed by atoms with Gasteiger partial charge in [-0.3, -0.25) is 4.79 Å². The Bertz CT molecular complexity index is 794. The highest BCUT2D eigenvalue weighted by Gasteiger charge is 2.16. The number of furan rings is 1. The second-order valence-electron chi connectivity index (χ2n) is 5.67. The molecular weight excluding hydrogens is 288 g/mol. The first-order valence-corrected chi connectivity index (χ1v) is 7.47. The highest BCUT2D eigenvalue weighted by atomic mass is 16.3. The Hall–Kier alpha value is -2.80. The van der Waals surface area contributed by atoms with Gasteiger partial charge in [-0.2, -0.15) is 5.26 Å². The molecule has 0 aliphatic carbocycles. The van der Waals surface area contributed by atoms with Crippen molar-refractivity contribution in [2.75, 3.05) is 0 Å². The number of nitrogens with one attached hydrogen (secondary N) is 1. The maximum atomic E-state index is 12.3.